The number of hydrogen-bond acceptors (Lipinski definition) is 3. The van der Waals surface area contributed by atoms with E-state index in [0.29, 0.717) is 28.7 Å². The Morgan fingerprint density at radius 1 is 1.23 bits per heavy atom. The van der Waals surface area contributed by atoms with E-state index in [-0.39, 0.29) is 0 Å². The molecule has 1 N–H and O–H groups in total. The zero-order valence-corrected chi connectivity index (χ0v) is 12.7. The van der Waals surface area contributed by atoms with Crippen LogP contribution >= 0.6 is 11.6 Å². The maximum absolute atomic E-state index is 10.7. The molecule has 0 saturated carbocycles. The van der Waals surface area contributed by atoms with Crippen LogP contribution < -0.4 is 9.47 Å². The van der Waals surface area contributed by atoms with Crippen LogP contribution in [0.1, 0.15) is 11.1 Å². The van der Waals surface area contributed by atoms with Gasteiger partial charge in [0.05, 0.1) is 7.11 Å². The third-order valence-corrected chi connectivity index (χ3v) is 3.19. The third-order valence-electron chi connectivity index (χ3n) is 2.93. The van der Waals surface area contributed by atoms with E-state index in [4.69, 9.17) is 26.2 Å². The number of rotatable bonds is 6. The highest BCUT2D eigenvalue weighted by Crippen LogP contribution is 2.27. The first kappa shape index (κ1) is 15.9. The number of methoxy groups -OCH3 is 1. The summed E-state index contributed by atoms with van der Waals surface area (Å²) in [6.07, 6.45) is 2.55. The molecule has 0 aliphatic heterocycles. The molecule has 0 aromatic heterocycles. The van der Waals surface area contributed by atoms with E-state index in [2.05, 4.69) is 0 Å². The lowest BCUT2D eigenvalue weighted by atomic mass is 10.1. The number of carboxylic acid groups (broad SMARTS) is 1. The molecule has 2 aromatic rings. The first-order valence-corrected chi connectivity index (χ1v) is 6.92. The molecule has 0 atom stereocenters. The number of halogens is 1. The highest BCUT2D eigenvalue weighted by molar-refractivity contribution is 6.30. The fourth-order valence-electron chi connectivity index (χ4n) is 1.81. The summed E-state index contributed by atoms with van der Waals surface area (Å²) in [6, 6.07) is 12.5. The first-order chi connectivity index (χ1) is 10.6. The van der Waals surface area contributed by atoms with Crippen LogP contribution in [0.4, 0.5) is 0 Å². The lowest BCUT2D eigenvalue weighted by Gasteiger charge is -2.11. The van der Waals surface area contributed by atoms with Crippen molar-refractivity contribution >= 4 is 23.6 Å². The second-order valence-corrected chi connectivity index (χ2v) is 4.93. The summed E-state index contributed by atoms with van der Waals surface area (Å²) < 4.78 is 10.9. The quantitative estimate of drug-likeness (QED) is 0.817. The number of benzene rings is 2. The predicted molar refractivity (Wildman–Crippen MR) is 85.4 cm³/mol. The molecule has 5 heteroatoms. The highest BCUT2D eigenvalue weighted by atomic mass is 35.5. The minimum absolute atomic E-state index is 0.345. The van der Waals surface area contributed by atoms with E-state index in [1.807, 2.05) is 12.1 Å². The molecule has 4 nitrogen and oxygen atoms in total. The molecule has 0 amide bonds. The first-order valence-electron chi connectivity index (χ1n) is 6.55. The Hall–Kier alpha value is -2.46. The Morgan fingerprint density at radius 2 is 1.95 bits per heavy atom. The molecule has 0 radical (unpaired) electrons. The Morgan fingerprint density at radius 3 is 2.59 bits per heavy atom. The molecule has 0 bridgehead atoms. The minimum atomic E-state index is -1.01. The van der Waals surface area contributed by atoms with Gasteiger partial charge in [-0.15, -0.1) is 0 Å². The van der Waals surface area contributed by atoms with Crippen molar-refractivity contribution < 1.29 is 19.4 Å². The van der Waals surface area contributed by atoms with Crippen LogP contribution in [0.25, 0.3) is 6.08 Å². The van der Waals surface area contributed by atoms with Gasteiger partial charge in [0, 0.05) is 22.7 Å². The average Bonchev–Trinajstić information content (AvgIpc) is 2.52. The topological polar surface area (TPSA) is 55.8 Å². The number of carbonyl (C=O) groups is 1. The Labute approximate surface area is 133 Å². The van der Waals surface area contributed by atoms with Gasteiger partial charge in [-0.2, -0.15) is 0 Å². The van der Waals surface area contributed by atoms with Gasteiger partial charge in [-0.25, -0.2) is 4.79 Å². The van der Waals surface area contributed by atoms with Crippen molar-refractivity contribution in [1.82, 2.24) is 0 Å². The smallest absolute Gasteiger partial charge is 0.328 e. The van der Waals surface area contributed by atoms with E-state index in [1.165, 1.54) is 6.08 Å². The lowest BCUT2D eigenvalue weighted by Crippen LogP contribution is -1.98. The van der Waals surface area contributed by atoms with Crippen molar-refractivity contribution in [3.8, 4) is 11.5 Å². The fraction of sp³-hybridized carbons (Fsp3) is 0.118. The molecule has 114 valence electrons. The maximum Gasteiger partial charge on any atom is 0.328 e. The van der Waals surface area contributed by atoms with Gasteiger partial charge in [0.15, 0.2) is 0 Å². The standard InChI is InChI=1S/C17H15ClO4/c1-21-15-8-4-13(5-9-17(19)20)16(10-15)22-11-12-2-6-14(18)7-3-12/h2-10H,11H2,1H3,(H,19,20). The molecule has 2 aromatic carbocycles. The van der Waals surface area contributed by atoms with Gasteiger partial charge in [-0.3, -0.25) is 0 Å². The van der Waals surface area contributed by atoms with Gasteiger partial charge in [-0.1, -0.05) is 23.7 Å². The van der Waals surface area contributed by atoms with Crippen LogP contribution in [0.2, 0.25) is 5.02 Å². The summed E-state index contributed by atoms with van der Waals surface area (Å²) >= 11 is 5.84. The largest absolute Gasteiger partial charge is 0.497 e. The SMILES string of the molecule is COc1ccc(C=CC(=O)O)c(OCc2ccc(Cl)cc2)c1. The number of ether oxygens (including phenoxy) is 2. The molecule has 0 heterocycles. The lowest BCUT2D eigenvalue weighted by molar-refractivity contribution is -0.131. The normalized spacial score (nSPS) is 10.6. The molecule has 0 spiro atoms. The van der Waals surface area contributed by atoms with Gasteiger partial charge < -0.3 is 14.6 Å². The molecule has 0 unspecified atom stereocenters. The summed E-state index contributed by atoms with van der Waals surface area (Å²) in [4.78, 5) is 10.7. The summed E-state index contributed by atoms with van der Waals surface area (Å²) in [7, 11) is 1.56. The minimum Gasteiger partial charge on any atom is -0.497 e. The van der Waals surface area contributed by atoms with Crippen molar-refractivity contribution in [2.75, 3.05) is 7.11 Å². The van der Waals surface area contributed by atoms with Gasteiger partial charge in [0.2, 0.25) is 0 Å². The molecule has 22 heavy (non-hydrogen) atoms. The molecule has 0 aliphatic carbocycles. The summed E-state index contributed by atoms with van der Waals surface area (Å²) in [5.41, 5.74) is 1.62. The van der Waals surface area contributed by atoms with E-state index in [9.17, 15) is 4.79 Å². The Bertz CT molecular complexity index is 678. The molecule has 0 fully saturated rings. The summed E-state index contributed by atoms with van der Waals surface area (Å²) in [5, 5.41) is 9.40. The van der Waals surface area contributed by atoms with Crippen molar-refractivity contribution in [2.24, 2.45) is 0 Å². The molecule has 0 aliphatic rings. The van der Waals surface area contributed by atoms with E-state index in [1.54, 1.807) is 37.4 Å². The van der Waals surface area contributed by atoms with Gasteiger partial charge in [-0.05, 0) is 35.9 Å². The van der Waals surface area contributed by atoms with Crippen LogP contribution in [-0.4, -0.2) is 18.2 Å². The van der Waals surface area contributed by atoms with Gasteiger partial charge >= 0.3 is 5.97 Å². The van der Waals surface area contributed by atoms with Crippen LogP contribution in [0, 0.1) is 0 Å². The van der Waals surface area contributed by atoms with Crippen molar-refractivity contribution in [3.05, 3.63) is 64.7 Å². The fourth-order valence-corrected chi connectivity index (χ4v) is 1.93. The van der Waals surface area contributed by atoms with Crippen molar-refractivity contribution in [3.63, 3.8) is 0 Å². The van der Waals surface area contributed by atoms with Crippen LogP contribution in [0.5, 0.6) is 11.5 Å². The van der Waals surface area contributed by atoms with Gasteiger partial charge in [0.25, 0.3) is 0 Å². The molecular formula is C17H15ClO4. The average molecular weight is 319 g/mol. The second kappa shape index (κ2) is 7.52. The number of aliphatic carboxylic acids is 1. The van der Waals surface area contributed by atoms with Crippen LogP contribution in [-0.2, 0) is 11.4 Å². The zero-order chi connectivity index (χ0) is 15.9. The Balaban J connectivity index is 2.19. The van der Waals surface area contributed by atoms with E-state index in [0.717, 1.165) is 11.6 Å². The maximum atomic E-state index is 10.7. The predicted octanol–water partition coefficient (Wildman–Crippen LogP) is 4.03. The van der Waals surface area contributed by atoms with Gasteiger partial charge in [0.1, 0.15) is 18.1 Å². The number of hydrogen-bond donors (Lipinski definition) is 1. The zero-order valence-electron chi connectivity index (χ0n) is 12.0. The van der Waals surface area contributed by atoms with Crippen molar-refractivity contribution in [2.45, 2.75) is 6.61 Å². The third kappa shape index (κ3) is 4.53. The monoisotopic (exact) mass is 318 g/mol. The van der Waals surface area contributed by atoms with Crippen LogP contribution in [0.3, 0.4) is 0 Å². The van der Waals surface area contributed by atoms with E-state index >= 15 is 0 Å². The van der Waals surface area contributed by atoms with Crippen LogP contribution in [0.15, 0.2) is 48.5 Å². The summed E-state index contributed by atoms with van der Waals surface area (Å²) in [6.45, 7) is 0.345. The second-order valence-electron chi connectivity index (χ2n) is 4.49. The van der Waals surface area contributed by atoms with Crippen molar-refractivity contribution in [1.29, 1.82) is 0 Å². The molecule has 0 saturated heterocycles. The highest BCUT2D eigenvalue weighted by Gasteiger charge is 2.05. The summed E-state index contributed by atoms with van der Waals surface area (Å²) in [5.74, 6) is 0.171. The Kier molecular flexibility index (Phi) is 5.44. The van der Waals surface area contributed by atoms with E-state index < -0.39 is 5.97 Å². The molecular weight excluding hydrogens is 304 g/mol. The molecule has 2 rings (SSSR count). The number of carboxylic acids is 1.